The highest BCUT2D eigenvalue weighted by Gasteiger charge is 2.15. The molecule has 23 heavy (non-hydrogen) atoms. The van der Waals surface area contributed by atoms with Gasteiger partial charge in [0.1, 0.15) is 5.82 Å². The summed E-state index contributed by atoms with van der Waals surface area (Å²) in [7, 11) is 4.45. The average molecular weight is 316 g/mol. The molecule has 0 bridgehead atoms. The molecule has 0 saturated heterocycles. The summed E-state index contributed by atoms with van der Waals surface area (Å²) >= 11 is 0. The molecule has 0 atom stereocenters. The Labute approximate surface area is 134 Å². The van der Waals surface area contributed by atoms with Gasteiger partial charge in [-0.05, 0) is 35.9 Å². The Balaban J connectivity index is 2.32. The lowest BCUT2D eigenvalue weighted by Gasteiger charge is -2.13. The first-order chi connectivity index (χ1) is 11.1. The van der Waals surface area contributed by atoms with Gasteiger partial charge in [-0.15, -0.1) is 0 Å². The average Bonchev–Trinajstić information content (AvgIpc) is 2.58. The van der Waals surface area contributed by atoms with E-state index < -0.39 is 0 Å². The second-order valence-electron chi connectivity index (χ2n) is 4.67. The van der Waals surface area contributed by atoms with Gasteiger partial charge in [0.2, 0.25) is 5.75 Å². The highest BCUT2D eigenvalue weighted by atomic mass is 19.1. The molecule has 0 saturated carbocycles. The van der Waals surface area contributed by atoms with Crippen molar-refractivity contribution in [3.05, 3.63) is 59.4 Å². The van der Waals surface area contributed by atoms with Crippen molar-refractivity contribution in [2.45, 2.75) is 0 Å². The summed E-state index contributed by atoms with van der Waals surface area (Å²) in [5.74, 6) is 0.602. The molecule has 0 aromatic heterocycles. The minimum Gasteiger partial charge on any atom is -0.493 e. The SMILES string of the molecule is COc1cc(C(=O)C=Cc2cccc(F)c2)cc(OC)c1OC. The van der Waals surface area contributed by atoms with Crippen molar-refractivity contribution < 1.29 is 23.4 Å². The fourth-order valence-corrected chi connectivity index (χ4v) is 2.10. The third kappa shape index (κ3) is 3.88. The molecule has 0 fully saturated rings. The zero-order valence-corrected chi connectivity index (χ0v) is 13.1. The molecule has 0 spiro atoms. The smallest absolute Gasteiger partial charge is 0.203 e. The van der Waals surface area contributed by atoms with E-state index in [1.165, 1.54) is 39.5 Å². The number of carbonyl (C=O) groups is 1. The highest BCUT2D eigenvalue weighted by molar-refractivity contribution is 6.07. The summed E-state index contributed by atoms with van der Waals surface area (Å²) in [5, 5.41) is 0. The van der Waals surface area contributed by atoms with Crippen LogP contribution in [0.4, 0.5) is 4.39 Å². The van der Waals surface area contributed by atoms with Crippen LogP contribution in [0.5, 0.6) is 17.2 Å². The molecule has 2 rings (SSSR count). The fourth-order valence-electron chi connectivity index (χ4n) is 2.10. The van der Waals surface area contributed by atoms with Crippen molar-refractivity contribution in [1.82, 2.24) is 0 Å². The number of carbonyl (C=O) groups excluding carboxylic acids is 1. The first kappa shape index (κ1) is 16.5. The van der Waals surface area contributed by atoms with E-state index >= 15 is 0 Å². The lowest BCUT2D eigenvalue weighted by molar-refractivity contribution is 0.104. The van der Waals surface area contributed by atoms with Crippen LogP contribution in [0, 0.1) is 5.82 Å². The van der Waals surface area contributed by atoms with Crippen LogP contribution in [0.25, 0.3) is 6.08 Å². The van der Waals surface area contributed by atoms with Crippen LogP contribution < -0.4 is 14.2 Å². The predicted octanol–water partition coefficient (Wildman–Crippen LogP) is 3.75. The number of hydrogen-bond donors (Lipinski definition) is 0. The lowest BCUT2D eigenvalue weighted by atomic mass is 10.1. The van der Waals surface area contributed by atoms with Gasteiger partial charge in [0.05, 0.1) is 21.3 Å². The van der Waals surface area contributed by atoms with Crippen LogP contribution in [-0.2, 0) is 0 Å². The lowest BCUT2D eigenvalue weighted by Crippen LogP contribution is -2.00. The van der Waals surface area contributed by atoms with Gasteiger partial charge < -0.3 is 14.2 Å². The molecule has 2 aromatic carbocycles. The van der Waals surface area contributed by atoms with Crippen LogP contribution in [0.1, 0.15) is 15.9 Å². The van der Waals surface area contributed by atoms with E-state index in [0.29, 0.717) is 28.4 Å². The van der Waals surface area contributed by atoms with E-state index in [9.17, 15) is 9.18 Å². The van der Waals surface area contributed by atoms with Gasteiger partial charge in [-0.1, -0.05) is 18.2 Å². The molecule has 2 aromatic rings. The number of allylic oxidation sites excluding steroid dienone is 1. The van der Waals surface area contributed by atoms with Crippen molar-refractivity contribution >= 4 is 11.9 Å². The van der Waals surface area contributed by atoms with E-state index in [0.717, 1.165) is 0 Å². The molecule has 0 heterocycles. The number of benzene rings is 2. The Bertz CT molecular complexity index is 713. The van der Waals surface area contributed by atoms with Crippen molar-refractivity contribution in [3.8, 4) is 17.2 Å². The quantitative estimate of drug-likeness (QED) is 0.601. The molecule has 4 nitrogen and oxygen atoms in total. The van der Waals surface area contributed by atoms with Crippen molar-refractivity contribution in [3.63, 3.8) is 0 Å². The Hall–Kier alpha value is -2.82. The van der Waals surface area contributed by atoms with Crippen LogP contribution in [0.2, 0.25) is 0 Å². The Morgan fingerprint density at radius 1 is 1.00 bits per heavy atom. The highest BCUT2D eigenvalue weighted by Crippen LogP contribution is 2.38. The van der Waals surface area contributed by atoms with Gasteiger partial charge in [0, 0.05) is 5.56 Å². The van der Waals surface area contributed by atoms with Gasteiger partial charge in [-0.25, -0.2) is 4.39 Å². The maximum absolute atomic E-state index is 13.1. The van der Waals surface area contributed by atoms with Crippen LogP contribution in [-0.4, -0.2) is 27.1 Å². The maximum atomic E-state index is 13.1. The maximum Gasteiger partial charge on any atom is 0.203 e. The summed E-state index contributed by atoms with van der Waals surface area (Å²) in [6.07, 6.45) is 2.92. The number of ether oxygens (including phenoxy) is 3. The number of rotatable bonds is 6. The number of hydrogen-bond acceptors (Lipinski definition) is 4. The van der Waals surface area contributed by atoms with Gasteiger partial charge >= 0.3 is 0 Å². The zero-order valence-electron chi connectivity index (χ0n) is 13.1. The third-order valence-electron chi connectivity index (χ3n) is 3.23. The first-order valence-corrected chi connectivity index (χ1v) is 6.87. The predicted molar refractivity (Wildman–Crippen MR) is 85.9 cm³/mol. The molecular formula is C18H17FO4. The van der Waals surface area contributed by atoms with Crippen LogP contribution in [0.3, 0.4) is 0 Å². The molecule has 0 radical (unpaired) electrons. The molecule has 0 N–H and O–H groups in total. The van der Waals surface area contributed by atoms with Crippen molar-refractivity contribution in [2.24, 2.45) is 0 Å². The normalized spacial score (nSPS) is 10.6. The molecule has 5 heteroatoms. The molecule has 0 aliphatic rings. The fraction of sp³-hybridized carbons (Fsp3) is 0.167. The molecule has 0 aliphatic carbocycles. The molecular weight excluding hydrogens is 299 g/mol. The summed E-state index contributed by atoms with van der Waals surface area (Å²) in [6.45, 7) is 0. The van der Waals surface area contributed by atoms with Crippen molar-refractivity contribution in [1.29, 1.82) is 0 Å². The standard InChI is InChI=1S/C18H17FO4/c1-21-16-10-13(11-17(22-2)18(16)23-3)15(20)8-7-12-5-4-6-14(19)9-12/h4-11H,1-3H3. The van der Waals surface area contributed by atoms with E-state index in [1.807, 2.05) is 0 Å². The molecule has 0 unspecified atom stereocenters. The summed E-state index contributed by atoms with van der Waals surface area (Å²) < 4.78 is 28.8. The third-order valence-corrected chi connectivity index (χ3v) is 3.23. The van der Waals surface area contributed by atoms with E-state index in [4.69, 9.17) is 14.2 Å². The largest absolute Gasteiger partial charge is 0.493 e. The minimum absolute atomic E-state index is 0.256. The number of halogens is 1. The van der Waals surface area contributed by atoms with Crippen LogP contribution >= 0.6 is 0 Å². The molecule has 0 amide bonds. The molecule has 120 valence electrons. The zero-order chi connectivity index (χ0) is 16.8. The Morgan fingerprint density at radius 2 is 1.65 bits per heavy atom. The summed E-state index contributed by atoms with van der Waals surface area (Å²) in [6, 6.07) is 9.12. The summed E-state index contributed by atoms with van der Waals surface area (Å²) in [5.41, 5.74) is 0.984. The first-order valence-electron chi connectivity index (χ1n) is 6.87. The van der Waals surface area contributed by atoms with Crippen LogP contribution in [0.15, 0.2) is 42.5 Å². The van der Waals surface area contributed by atoms with Gasteiger partial charge in [0.25, 0.3) is 0 Å². The Morgan fingerprint density at radius 3 is 2.17 bits per heavy atom. The monoisotopic (exact) mass is 316 g/mol. The summed E-state index contributed by atoms with van der Waals surface area (Å²) in [4.78, 5) is 12.3. The van der Waals surface area contributed by atoms with E-state index in [-0.39, 0.29) is 11.6 Å². The van der Waals surface area contributed by atoms with E-state index in [2.05, 4.69) is 0 Å². The number of ketones is 1. The second kappa shape index (κ2) is 7.45. The number of methoxy groups -OCH3 is 3. The minimum atomic E-state index is -0.354. The van der Waals surface area contributed by atoms with Crippen molar-refractivity contribution in [2.75, 3.05) is 21.3 Å². The Kier molecular flexibility index (Phi) is 5.36. The topological polar surface area (TPSA) is 44.8 Å². The van der Waals surface area contributed by atoms with Gasteiger partial charge in [0.15, 0.2) is 17.3 Å². The van der Waals surface area contributed by atoms with Gasteiger partial charge in [-0.3, -0.25) is 4.79 Å². The second-order valence-corrected chi connectivity index (χ2v) is 4.67. The van der Waals surface area contributed by atoms with E-state index in [1.54, 1.807) is 30.3 Å². The van der Waals surface area contributed by atoms with Gasteiger partial charge in [-0.2, -0.15) is 0 Å². The molecule has 0 aliphatic heterocycles.